The molecule has 8 heteroatoms. The van der Waals surface area contributed by atoms with Crippen LogP contribution in [0.1, 0.15) is 17.0 Å². The van der Waals surface area contributed by atoms with Gasteiger partial charge in [-0.25, -0.2) is 0 Å². The summed E-state index contributed by atoms with van der Waals surface area (Å²) in [5.41, 5.74) is 1.56. The van der Waals surface area contributed by atoms with Crippen LogP contribution in [-0.2, 0) is 12.7 Å². The van der Waals surface area contributed by atoms with E-state index in [4.69, 9.17) is 16.1 Å². The molecule has 0 bridgehead atoms. The van der Waals surface area contributed by atoms with Crippen LogP contribution in [0.15, 0.2) is 47.0 Å². The van der Waals surface area contributed by atoms with Crippen LogP contribution in [0.4, 0.5) is 18.9 Å². The highest BCUT2D eigenvalue weighted by Crippen LogP contribution is 2.30. The standard InChI is InChI=1S/C17H13ClF3N3O/c1-10-2-7-13(18)8-14(10)22-9-15-23-16(24-25-15)11-3-5-12(6-4-11)17(19,20)21/h2-8,22H,9H2,1H3. The topological polar surface area (TPSA) is 51.0 Å². The molecule has 0 radical (unpaired) electrons. The molecule has 2 aromatic carbocycles. The molecule has 1 aromatic heterocycles. The van der Waals surface area contributed by atoms with Gasteiger partial charge >= 0.3 is 6.18 Å². The molecule has 0 amide bonds. The molecule has 4 nitrogen and oxygen atoms in total. The lowest BCUT2D eigenvalue weighted by Gasteiger charge is -2.07. The Morgan fingerprint density at radius 1 is 1.12 bits per heavy atom. The maximum atomic E-state index is 12.6. The largest absolute Gasteiger partial charge is 0.416 e. The van der Waals surface area contributed by atoms with Crippen molar-refractivity contribution in [2.75, 3.05) is 5.32 Å². The number of anilines is 1. The second-order valence-electron chi connectivity index (χ2n) is 5.40. The summed E-state index contributed by atoms with van der Waals surface area (Å²) in [6.07, 6.45) is -4.38. The first-order valence-electron chi connectivity index (χ1n) is 7.33. The van der Waals surface area contributed by atoms with E-state index >= 15 is 0 Å². The quantitative estimate of drug-likeness (QED) is 0.677. The number of hydrogen-bond donors (Lipinski definition) is 1. The fraction of sp³-hybridized carbons (Fsp3) is 0.176. The number of nitrogens with one attached hydrogen (secondary N) is 1. The number of halogens is 4. The summed E-state index contributed by atoms with van der Waals surface area (Å²) < 4.78 is 42.9. The van der Waals surface area contributed by atoms with Crippen molar-refractivity contribution in [3.05, 3.63) is 64.5 Å². The summed E-state index contributed by atoms with van der Waals surface area (Å²) in [5.74, 6) is 0.544. The minimum Gasteiger partial charge on any atom is -0.376 e. The van der Waals surface area contributed by atoms with Gasteiger partial charge in [0, 0.05) is 16.3 Å². The van der Waals surface area contributed by atoms with E-state index in [9.17, 15) is 13.2 Å². The van der Waals surface area contributed by atoms with E-state index in [1.165, 1.54) is 12.1 Å². The van der Waals surface area contributed by atoms with Crippen LogP contribution >= 0.6 is 11.6 Å². The van der Waals surface area contributed by atoms with Gasteiger partial charge in [0.1, 0.15) is 0 Å². The van der Waals surface area contributed by atoms with E-state index in [-0.39, 0.29) is 12.4 Å². The molecule has 0 saturated carbocycles. The van der Waals surface area contributed by atoms with E-state index in [0.29, 0.717) is 16.5 Å². The van der Waals surface area contributed by atoms with Crippen molar-refractivity contribution in [3.8, 4) is 11.4 Å². The van der Waals surface area contributed by atoms with Crippen LogP contribution < -0.4 is 5.32 Å². The molecule has 3 rings (SSSR count). The number of nitrogens with zero attached hydrogens (tertiary/aromatic N) is 2. The summed E-state index contributed by atoms with van der Waals surface area (Å²) >= 11 is 5.96. The molecule has 3 aromatic rings. The van der Waals surface area contributed by atoms with Gasteiger partial charge < -0.3 is 9.84 Å². The molecule has 25 heavy (non-hydrogen) atoms. The van der Waals surface area contributed by atoms with Crippen molar-refractivity contribution in [1.82, 2.24) is 10.1 Å². The monoisotopic (exact) mass is 367 g/mol. The van der Waals surface area contributed by atoms with Crippen molar-refractivity contribution < 1.29 is 17.7 Å². The van der Waals surface area contributed by atoms with E-state index in [0.717, 1.165) is 23.4 Å². The molecule has 0 spiro atoms. The summed E-state index contributed by atoms with van der Waals surface area (Å²) in [6.45, 7) is 2.20. The Labute approximate surface area is 146 Å². The lowest BCUT2D eigenvalue weighted by molar-refractivity contribution is -0.137. The van der Waals surface area contributed by atoms with Crippen LogP contribution in [-0.4, -0.2) is 10.1 Å². The third-order valence-corrected chi connectivity index (χ3v) is 3.80. The third kappa shape index (κ3) is 4.11. The molecule has 130 valence electrons. The van der Waals surface area contributed by atoms with Gasteiger partial charge in [-0.15, -0.1) is 0 Å². The molecule has 0 atom stereocenters. The van der Waals surface area contributed by atoms with Gasteiger partial charge in [-0.05, 0) is 36.8 Å². The number of benzene rings is 2. The Bertz CT molecular complexity index is 876. The van der Waals surface area contributed by atoms with Crippen molar-refractivity contribution in [2.24, 2.45) is 0 Å². The Hall–Kier alpha value is -2.54. The third-order valence-electron chi connectivity index (χ3n) is 3.57. The lowest BCUT2D eigenvalue weighted by atomic mass is 10.1. The summed E-state index contributed by atoms with van der Waals surface area (Å²) in [5, 5.41) is 7.53. The number of aromatic nitrogens is 2. The fourth-order valence-electron chi connectivity index (χ4n) is 2.21. The SMILES string of the molecule is Cc1ccc(Cl)cc1NCc1nc(-c2ccc(C(F)(F)F)cc2)no1. The van der Waals surface area contributed by atoms with Gasteiger partial charge in [-0.3, -0.25) is 0 Å². The maximum absolute atomic E-state index is 12.6. The minimum atomic E-state index is -4.38. The number of hydrogen-bond acceptors (Lipinski definition) is 4. The molecule has 0 fully saturated rings. The number of aryl methyl sites for hydroxylation is 1. The molecular weight excluding hydrogens is 355 g/mol. The smallest absolute Gasteiger partial charge is 0.376 e. The second-order valence-corrected chi connectivity index (χ2v) is 5.84. The Balaban J connectivity index is 1.71. The summed E-state index contributed by atoms with van der Waals surface area (Å²) in [7, 11) is 0. The zero-order valence-electron chi connectivity index (χ0n) is 13.1. The molecule has 0 aliphatic carbocycles. The number of rotatable bonds is 4. The van der Waals surface area contributed by atoms with Crippen molar-refractivity contribution in [3.63, 3.8) is 0 Å². The molecule has 0 unspecified atom stereocenters. The van der Waals surface area contributed by atoms with Gasteiger partial charge in [-0.2, -0.15) is 18.2 Å². The molecule has 0 aliphatic heterocycles. The first-order valence-corrected chi connectivity index (χ1v) is 7.71. The highest BCUT2D eigenvalue weighted by molar-refractivity contribution is 6.30. The zero-order chi connectivity index (χ0) is 18.0. The first kappa shape index (κ1) is 17.3. The van der Waals surface area contributed by atoms with Crippen LogP contribution in [0.3, 0.4) is 0 Å². The van der Waals surface area contributed by atoms with Crippen LogP contribution in [0, 0.1) is 6.92 Å². The Morgan fingerprint density at radius 2 is 1.84 bits per heavy atom. The van der Waals surface area contributed by atoms with E-state index < -0.39 is 11.7 Å². The van der Waals surface area contributed by atoms with Gasteiger partial charge in [0.2, 0.25) is 11.7 Å². The molecule has 0 aliphatic rings. The highest BCUT2D eigenvalue weighted by atomic mass is 35.5. The highest BCUT2D eigenvalue weighted by Gasteiger charge is 2.30. The zero-order valence-corrected chi connectivity index (χ0v) is 13.8. The summed E-state index contributed by atoms with van der Waals surface area (Å²) in [4.78, 5) is 4.18. The molecule has 1 N–H and O–H groups in total. The van der Waals surface area contributed by atoms with Crippen molar-refractivity contribution in [2.45, 2.75) is 19.6 Å². The van der Waals surface area contributed by atoms with Gasteiger partial charge in [0.05, 0.1) is 12.1 Å². The van der Waals surface area contributed by atoms with Crippen molar-refractivity contribution >= 4 is 17.3 Å². The summed E-state index contributed by atoms with van der Waals surface area (Å²) in [6, 6.07) is 10.0. The van der Waals surface area contributed by atoms with Gasteiger partial charge in [0.25, 0.3) is 0 Å². The predicted molar refractivity (Wildman–Crippen MR) is 88.3 cm³/mol. The average Bonchev–Trinajstić information content (AvgIpc) is 3.04. The van der Waals surface area contributed by atoms with E-state index in [1.54, 1.807) is 12.1 Å². The lowest BCUT2D eigenvalue weighted by Crippen LogP contribution is -2.04. The van der Waals surface area contributed by atoms with Crippen molar-refractivity contribution in [1.29, 1.82) is 0 Å². The minimum absolute atomic E-state index is 0.230. The molecule has 0 saturated heterocycles. The predicted octanol–water partition coefficient (Wildman–Crippen LogP) is 5.33. The molecular formula is C17H13ClF3N3O. The Kier molecular flexibility index (Phi) is 4.67. The van der Waals surface area contributed by atoms with E-state index in [1.807, 2.05) is 13.0 Å². The van der Waals surface area contributed by atoms with Crippen LogP contribution in [0.2, 0.25) is 5.02 Å². The average molecular weight is 368 g/mol. The first-order chi connectivity index (χ1) is 11.8. The molecule has 1 heterocycles. The number of alkyl halides is 3. The maximum Gasteiger partial charge on any atom is 0.416 e. The van der Waals surface area contributed by atoms with Crippen LogP contribution in [0.25, 0.3) is 11.4 Å². The Morgan fingerprint density at radius 3 is 2.52 bits per heavy atom. The van der Waals surface area contributed by atoms with Gasteiger partial charge in [0.15, 0.2) is 0 Å². The van der Waals surface area contributed by atoms with Crippen LogP contribution in [0.5, 0.6) is 0 Å². The van der Waals surface area contributed by atoms with Gasteiger partial charge in [-0.1, -0.05) is 35.0 Å². The fourth-order valence-corrected chi connectivity index (χ4v) is 2.38. The van der Waals surface area contributed by atoms with E-state index in [2.05, 4.69) is 15.5 Å². The second kappa shape index (κ2) is 6.76. The normalized spacial score (nSPS) is 11.6.